The largest absolute Gasteiger partial charge is 0.497 e. The third-order valence-corrected chi connectivity index (χ3v) is 7.70. The molecule has 0 N–H and O–H groups in total. The van der Waals surface area contributed by atoms with Crippen molar-refractivity contribution >= 4 is 40.8 Å². The van der Waals surface area contributed by atoms with Crippen molar-refractivity contribution in [1.82, 2.24) is 15.1 Å². The van der Waals surface area contributed by atoms with Gasteiger partial charge in [0.25, 0.3) is 0 Å². The van der Waals surface area contributed by atoms with Gasteiger partial charge in [-0.1, -0.05) is 60.8 Å². The minimum absolute atomic E-state index is 0.209. The summed E-state index contributed by atoms with van der Waals surface area (Å²) in [5.74, 6) is 3.53. The summed E-state index contributed by atoms with van der Waals surface area (Å²) in [4.78, 5) is 14.5. The Labute approximate surface area is 173 Å². The fourth-order valence-corrected chi connectivity index (χ4v) is 6.14. The van der Waals surface area contributed by atoms with Crippen LogP contribution in [0.5, 0.6) is 5.75 Å². The van der Waals surface area contributed by atoms with Crippen LogP contribution in [-0.2, 0) is 10.5 Å². The zero-order valence-electron chi connectivity index (χ0n) is 15.9. The molecule has 2 heterocycles. The molecule has 1 aliphatic rings. The second-order valence-corrected chi connectivity index (χ2v) is 10.4. The van der Waals surface area contributed by atoms with Crippen molar-refractivity contribution in [2.75, 3.05) is 26.0 Å². The molecule has 0 spiro atoms. The molecule has 0 aliphatic carbocycles. The van der Waals surface area contributed by atoms with Gasteiger partial charge < -0.3 is 9.64 Å². The molecule has 0 bridgehead atoms. The Kier molecular flexibility index (Phi) is 7.43. The van der Waals surface area contributed by atoms with Crippen LogP contribution >= 0.6 is 34.9 Å². The zero-order chi connectivity index (χ0) is 19.2. The standard InChI is InChI=1S/C19H25N3O2S3/c1-13-8-14(2)10-22(9-13)17(23)12-26-19-21-20-18(27-19)25-11-15-4-6-16(24-3)7-5-15/h4-7,13-14H,8-12H2,1-3H3/t13-,14-/m1/s1. The summed E-state index contributed by atoms with van der Waals surface area (Å²) in [6.07, 6.45) is 1.21. The second kappa shape index (κ2) is 9.80. The van der Waals surface area contributed by atoms with Crippen LogP contribution < -0.4 is 4.74 Å². The van der Waals surface area contributed by atoms with Gasteiger partial charge in [0.2, 0.25) is 5.91 Å². The van der Waals surface area contributed by atoms with Gasteiger partial charge in [0.15, 0.2) is 8.68 Å². The van der Waals surface area contributed by atoms with Crippen LogP contribution in [0.15, 0.2) is 32.9 Å². The molecule has 1 aromatic heterocycles. The molecule has 2 aromatic rings. The maximum absolute atomic E-state index is 12.5. The van der Waals surface area contributed by atoms with Gasteiger partial charge in [0.1, 0.15) is 5.75 Å². The lowest BCUT2D eigenvalue weighted by Gasteiger charge is -2.34. The first-order chi connectivity index (χ1) is 13.0. The lowest BCUT2D eigenvalue weighted by Crippen LogP contribution is -2.43. The van der Waals surface area contributed by atoms with Crippen molar-refractivity contribution < 1.29 is 9.53 Å². The highest BCUT2D eigenvalue weighted by Gasteiger charge is 2.25. The summed E-state index contributed by atoms with van der Waals surface area (Å²) in [5, 5.41) is 8.46. The molecule has 8 heteroatoms. The highest BCUT2D eigenvalue weighted by atomic mass is 32.2. The van der Waals surface area contributed by atoms with E-state index in [0.29, 0.717) is 17.6 Å². The number of amides is 1. The topological polar surface area (TPSA) is 55.3 Å². The maximum atomic E-state index is 12.5. The minimum Gasteiger partial charge on any atom is -0.497 e. The molecule has 0 unspecified atom stereocenters. The maximum Gasteiger partial charge on any atom is 0.233 e. The predicted octanol–water partition coefficient (Wildman–Crippen LogP) is 4.44. The van der Waals surface area contributed by atoms with Crippen LogP contribution in [0.25, 0.3) is 0 Å². The van der Waals surface area contributed by atoms with Crippen LogP contribution in [0.4, 0.5) is 0 Å². The number of benzene rings is 1. The van der Waals surface area contributed by atoms with Crippen LogP contribution in [0.3, 0.4) is 0 Å². The highest BCUT2D eigenvalue weighted by molar-refractivity contribution is 8.03. The summed E-state index contributed by atoms with van der Waals surface area (Å²) in [5.41, 5.74) is 1.22. The first-order valence-corrected chi connectivity index (χ1v) is 11.8. The lowest BCUT2D eigenvalue weighted by atomic mass is 9.92. The van der Waals surface area contributed by atoms with Crippen molar-refractivity contribution in [2.45, 2.75) is 34.7 Å². The van der Waals surface area contributed by atoms with Crippen LogP contribution in [0.1, 0.15) is 25.8 Å². The molecule has 2 atom stereocenters. The van der Waals surface area contributed by atoms with Gasteiger partial charge in [0, 0.05) is 18.8 Å². The van der Waals surface area contributed by atoms with E-state index in [4.69, 9.17) is 4.74 Å². The van der Waals surface area contributed by atoms with Crippen molar-refractivity contribution in [2.24, 2.45) is 11.8 Å². The van der Waals surface area contributed by atoms with E-state index in [1.54, 1.807) is 30.2 Å². The number of likely N-dealkylation sites (tertiary alicyclic amines) is 1. The number of rotatable bonds is 7. The number of carbonyl (C=O) groups is 1. The van der Waals surface area contributed by atoms with E-state index >= 15 is 0 Å². The van der Waals surface area contributed by atoms with Gasteiger partial charge >= 0.3 is 0 Å². The lowest BCUT2D eigenvalue weighted by molar-refractivity contribution is -0.130. The van der Waals surface area contributed by atoms with E-state index in [9.17, 15) is 4.79 Å². The predicted molar refractivity (Wildman–Crippen MR) is 113 cm³/mol. The Morgan fingerprint density at radius 2 is 1.78 bits per heavy atom. The van der Waals surface area contributed by atoms with E-state index in [1.807, 2.05) is 17.0 Å². The molecule has 0 saturated carbocycles. The molecule has 1 aromatic carbocycles. The third kappa shape index (κ3) is 6.12. The molecule has 27 heavy (non-hydrogen) atoms. The van der Waals surface area contributed by atoms with Crippen molar-refractivity contribution in [3.63, 3.8) is 0 Å². The van der Waals surface area contributed by atoms with Gasteiger partial charge in [-0.25, -0.2) is 0 Å². The minimum atomic E-state index is 0.209. The van der Waals surface area contributed by atoms with Crippen LogP contribution in [0.2, 0.25) is 0 Å². The van der Waals surface area contributed by atoms with Crippen molar-refractivity contribution in [3.8, 4) is 5.75 Å². The Balaban J connectivity index is 1.45. The summed E-state index contributed by atoms with van der Waals surface area (Å²) in [6.45, 7) is 6.20. The van der Waals surface area contributed by atoms with Gasteiger partial charge in [-0.15, -0.1) is 10.2 Å². The average Bonchev–Trinajstić information content (AvgIpc) is 3.12. The van der Waals surface area contributed by atoms with E-state index in [1.165, 1.54) is 23.7 Å². The van der Waals surface area contributed by atoms with Gasteiger partial charge in [-0.2, -0.15) is 0 Å². The summed E-state index contributed by atoms with van der Waals surface area (Å²) in [7, 11) is 1.67. The summed E-state index contributed by atoms with van der Waals surface area (Å²) in [6, 6.07) is 8.04. The molecule has 1 amide bonds. The zero-order valence-corrected chi connectivity index (χ0v) is 18.3. The SMILES string of the molecule is COc1ccc(CSc2nnc(SCC(=O)N3C[C@H](C)C[C@@H](C)C3)s2)cc1. The van der Waals surface area contributed by atoms with Crippen molar-refractivity contribution in [3.05, 3.63) is 29.8 Å². The number of piperidine rings is 1. The number of aromatic nitrogens is 2. The van der Waals surface area contributed by atoms with Gasteiger partial charge in [0.05, 0.1) is 12.9 Å². The average molecular weight is 424 g/mol. The Hall–Kier alpha value is -1.25. The normalized spacial score (nSPS) is 19.9. The number of nitrogens with zero attached hydrogens (tertiary/aromatic N) is 3. The van der Waals surface area contributed by atoms with E-state index in [2.05, 4.69) is 36.2 Å². The second-order valence-electron chi connectivity index (χ2n) is 7.00. The number of thioether (sulfide) groups is 2. The molecular weight excluding hydrogens is 398 g/mol. The molecule has 146 valence electrons. The summed E-state index contributed by atoms with van der Waals surface area (Å²) < 4.78 is 6.97. The van der Waals surface area contributed by atoms with Gasteiger partial charge in [-0.3, -0.25) is 4.79 Å². The van der Waals surface area contributed by atoms with E-state index < -0.39 is 0 Å². The Morgan fingerprint density at radius 3 is 2.41 bits per heavy atom. The Bertz CT molecular complexity index is 741. The molecular formula is C19H25N3O2S3. The fraction of sp³-hybridized carbons (Fsp3) is 0.526. The van der Waals surface area contributed by atoms with Crippen LogP contribution in [-0.4, -0.2) is 47.0 Å². The molecule has 1 aliphatic heterocycles. The summed E-state index contributed by atoms with van der Waals surface area (Å²) >= 11 is 4.72. The molecule has 5 nitrogen and oxygen atoms in total. The smallest absolute Gasteiger partial charge is 0.233 e. The fourth-order valence-electron chi connectivity index (χ4n) is 3.26. The monoisotopic (exact) mass is 423 g/mol. The van der Waals surface area contributed by atoms with Gasteiger partial charge in [-0.05, 0) is 36.0 Å². The number of hydrogen-bond acceptors (Lipinski definition) is 7. The molecule has 3 rings (SSSR count). The third-order valence-electron chi connectivity index (χ3n) is 4.45. The van der Waals surface area contributed by atoms with Crippen LogP contribution in [0, 0.1) is 11.8 Å². The number of carbonyl (C=O) groups excluding carboxylic acids is 1. The van der Waals surface area contributed by atoms with E-state index in [-0.39, 0.29) is 5.91 Å². The quantitative estimate of drug-likeness (QED) is 0.614. The number of methoxy groups -OCH3 is 1. The first kappa shape index (κ1) is 20.5. The highest BCUT2D eigenvalue weighted by Crippen LogP contribution is 2.31. The number of hydrogen-bond donors (Lipinski definition) is 0. The molecule has 1 saturated heterocycles. The van der Waals surface area contributed by atoms with Crippen molar-refractivity contribution in [1.29, 1.82) is 0 Å². The molecule has 0 radical (unpaired) electrons. The number of ether oxygens (including phenoxy) is 1. The Morgan fingerprint density at radius 1 is 1.15 bits per heavy atom. The molecule has 1 fully saturated rings. The first-order valence-electron chi connectivity index (χ1n) is 9.03. The van der Waals surface area contributed by atoms with E-state index in [0.717, 1.165) is 33.3 Å².